The van der Waals surface area contributed by atoms with Crippen LogP contribution in [0.2, 0.25) is 0 Å². The Kier molecular flexibility index (Phi) is 4.22. The largest absolute Gasteiger partial charge is 0.416 e. The molecule has 0 aliphatic heterocycles. The first-order valence-electron chi connectivity index (χ1n) is 7.17. The first-order valence-corrected chi connectivity index (χ1v) is 7.17. The summed E-state index contributed by atoms with van der Waals surface area (Å²) in [6, 6.07) is 9.14. The van der Waals surface area contributed by atoms with Crippen LogP contribution in [-0.4, -0.2) is 26.1 Å². The van der Waals surface area contributed by atoms with Gasteiger partial charge in [-0.3, -0.25) is 4.79 Å². The number of hydrogen-bond acceptors (Lipinski definition) is 4. The third kappa shape index (κ3) is 3.65. The predicted octanol–water partition coefficient (Wildman–Crippen LogP) is 3.24. The molecule has 1 heterocycles. The molecule has 1 N–H and O–H groups in total. The molecule has 128 valence electrons. The van der Waals surface area contributed by atoms with Crippen LogP contribution >= 0.6 is 0 Å². The molecular weight excluding hydrogens is 335 g/mol. The van der Waals surface area contributed by atoms with Crippen LogP contribution in [0.1, 0.15) is 21.5 Å². The summed E-state index contributed by atoms with van der Waals surface area (Å²) in [7, 11) is 0. The molecule has 0 fully saturated rings. The van der Waals surface area contributed by atoms with Crippen LogP contribution in [0.15, 0.2) is 48.8 Å². The normalized spacial score (nSPS) is 11.4. The third-order valence-electron chi connectivity index (χ3n) is 3.52. The number of aromatic nitrogens is 4. The summed E-state index contributed by atoms with van der Waals surface area (Å²) in [6.45, 7) is 1.82. The van der Waals surface area contributed by atoms with Gasteiger partial charge >= 0.3 is 6.18 Å². The van der Waals surface area contributed by atoms with Crippen molar-refractivity contribution < 1.29 is 18.0 Å². The van der Waals surface area contributed by atoms with Gasteiger partial charge in [0.1, 0.15) is 6.33 Å². The Morgan fingerprint density at radius 3 is 2.40 bits per heavy atom. The van der Waals surface area contributed by atoms with Gasteiger partial charge in [-0.15, -0.1) is 5.10 Å². The van der Waals surface area contributed by atoms with E-state index >= 15 is 0 Å². The Morgan fingerprint density at radius 1 is 1.12 bits per heavy atom. The van der Waals surface area contributed by atoms with Gasteiger partial charge in [0.05, 0.1) is 11.3 Å². The van der Waals surface area contributed by atoms with Crippen molar-refractivity contribution in [2.75, 3.05) is 5.32 Å². The van der Waals surface area contributed by atoms with Crippen molar-refractivity contribution in [3.05, 3.63) is 65.5 Å². The molecule has 0 radical (unpaired) electrons. The first-order chi connectivity index (χ1) is 11.8. The maximum Gasteiger partial charge on any atom is 0.416 e. The number of rotatable bonds is 3. The number of halogens is 3. The second kappa shape index (κ2) is 6.34. The van der Waals surface area contributed by atoms with Crippen molar-refractivity contribution in [3.8, 4) is 5.69 Å². The van der Waals surface area contributed by atoms with Crippen LogP contribution in [0.5, 0.6) is 0 Å². The first kappa shape index (κ1) is 16.6. The highest BCUT2D eigenvalue weighted by Gasteiger charge is 2.30. The number of benzene rings is 2. The van der Waals surface area contributed by atoms with Crippen molar-refractivity contribution in [2.45, 2.75) is 13.1 Å². The van der Waals surface area contributed by atoms with E-state index in [1.807, 2.05) is 6.92 Å². The lowest BCUT2D eigenvalue weighted by Gasteiger charge is -2.10. The summed E-state index contributed by atoms with van der Waals surface area (Å²) in [5.74, 6) is -0.497. The van der Waals surface area contributed by atoms with Crippen LogP contribution in [0, 0.1) is 6.92 Å². The number of aryl methyl sites for hydroxylation is 1. The fourth-order valence-corrected chi connectivity index (χ4v) is 2.28. The lowest BCUT2D eigenvalue weighted by molar-refractivity contribution is -0.137. The standard InChI is InChI=1S/C16H12F3N5O/c1-10-8-13(6-7-14(10)24-9-20-22-23-24)21-15(25)11-2-4-12(5-3-11)16(17,18)19/h2-9H,1H3,(H,21,25). The molecule has 25 heavy (non-hydrogen) atoms. The summed E-state index contributed by atoms with van der Waals surface area (Å²) in [4.78, 5) is 12.2. The summed E-state index contributed by atoms with van der Waals surface area (Å²) >= 11 is 0. The monoisotopic (exact) mass is 347 g/mol. The van der Waals surface area contributed by atoms with E-state index in [0.717, 1.165) is 35.5 Å². The quantitative estimate of drug-likeness (QED) is 0.789. The van der Waals surface area contributed by atoms with E-state index in [-0.39, 0.29) is 5.56 Å². The van der Waals surface area contributed by atoms with Crippen molar-refractivity contribution in [1.29, 1.82) is 0 Å². The molecule has 6 nitrogen and oxygen atoms in total. The number of amides is 1. The zero-order valence-electron chi connectivity index (χ0n) is 12.9. The summed E-state index contributed by atoms with van der Waals surface area (Å²) in [5, 5.41) is 13.6. The fourth-order valence-electron chi connectivity index (χ4n) is 2.28. The number of nitrogens with one attached hydrogen (secondary N) is 1. The molecular formula is C16H12F3N5O. The van der Waals surface area contributed by atoms with Gasteiger partial charge in [0.2, 0.25) is 0 Å². The minimum atomic E-state index is -4.43. The van der Waals surface area contributed by atoms with Crippen LogP contribution in [0.3, 0.4) is 0 Å². The topological polar surface area (TPSA) is 72.7 Å². The number of carbonyl (C=O) groups is 1. The number of alkyl halides is 3. The van der Waals surface area contributed by atoms with E-state index in [4.69, 9.17) is 0 Å². The predicted molar refractivity (Wildman–Crippen MR) is 83.3 cm³/mol. The Bertz CT molecular complexity index is 889. The molecule has 1 aromatic heterocycles. The van der Waals surface area contributed by atoms with Gasteiger partial charge in [-0.1, -0.05) is 0 Å². The Labute approximate surface area is 140 Å². The highest BCUT2D eigenvalue weighted by Crippen LogP contribution is 2.29. The summed E-state index contributed by atoms with van der Waals surface area (Å²) < 4.78 is 39.1. The number of anilines is 1. The molecule has 0 saturated heterocycles. The number of carbonyl (C=O) groups excluding carboxylic acids is 1. The molecule has 2 aromatic carbocycles. The molecule has 9 heteroatoms. The van der Waals surface area contributed by atoms with E-state index < -0.39 is 17.6 Å². The maximum atomic E-state index is 12.5. The Hall–Kier alpha value is -3.23. The SMILES string of the molecule is Cc1cc(NC(=O)c2ccc(C(F)(F)F)cc2)ccc1-n1cnnn1. The van der Waals surface area contributed by atoms with Crippen LogP contribution in [0.25, 0.3) is 5.69 Å². The zero-order valence-corrected chi connectivity index (χ0v) is 12.9. The summed E-state index contributed by atoms with van der Waals surface area (Å²) in [5.41, 5.74) is 1.41. The molecule has 3 rings (SSSR count). The van der Waals surface area contributed by atoms with E-state index in [1.165, 1.54) is 11.0 Å². The molecule has 0 atom stereocenters. The number of nitrogens with zero attached hydrogens (tertiary/aromatic N) is 4. The fraction of sp³-hybridized carbons (Fsp3) is 0.125. The molecule has 0 aliphatic carbocycles. The smallest absolute Gasteiger partial charge is 0.322 e. The van der Waals surface area contributed by atoms with E-state index in [0.29, 0.717) is 5.69 Å². The molecule has 1 amide bonds. The average molecular weight is 347 g/mol. The van der Waals surface area contributed by atoms with Gasteiger partial charge in [-0.2, -0.15) is 13.2 Å². The molecule has 0 aliphatic rings. The summed E-state index contributed by atoms with van der Waals surface area (Å²) in [6.07, 6.45) is -2.99. The molecule has 0 saturated carbocycles. The van der Waals surface area contributed by atoms with E-state index in [1.54, 1.807) is 18.2 Å². The van der Waals surface area contributed by atoms with Gasteiger partial charge in [0.15, 0.2) is 0 Å². The van der Waals surface area contributed by atoms with Crippen LogP contribution < -0.4 is 5.32 Å². The average Bonchev–Trinajstić information content (AvgIpc) is 3.08. The number of hydrogen-bond donors (Lipinski definition) is 1. The Morgan fingerprint density at radius 2 is 1.84 bits per heavy atom. The highest BCUT2D eigenvalue weighted by molar-refractivity contribution is 6.04. The van der Waals surface area contributed by atoms with Crippen molar-refractivity contribution >= 4 is 11.6 Å². The molecule has 0 spiro atoms. The van der Waals surface area contributed by atoms with Gasteiger partial charge in [-0.25, -0.2) is 4.68 Å². The van der Waals surface area contributed by atoms with Gasteiger partial charge < -0.3 is 5.32 Å². The van der Waals surface area contributed by atoms with Crippen molar-refractivity contribution in [3.63, 3.8) is 0 Å². The lowest BCUT2D eigenvalue weighted by atomic mass is 10.1. The van der Waals surface area contributed by atoms with Gasteiger partial charge in [-0.05, 0) is 65.4 Å². The van der Waals surface area contributed by atoms with Gasteiger partial charge in [0, 0.05) is 11.3 Å². The Balaban J connectivity index is 1.76. The second-order valence-corrected chi connectivity index (χ2v) is 5.28. The van der Waals surface area contributed by atoms with E-state index in [9.17, 15) is 18.0 Å². The minimum absolute atomic E-state index is 0.134. The molecule has 0 bridgehead atoms. The minimum Gasteiger partial charge on any atom is -0.322 e. The van der Waals surface area contributed by atoms with Crippen molar-refractivity contribution in [1.82, 2.24) is 20.2 Å². The lowest BCUT2D eigenvalue weighted by Crippen LogP contribution is -2.13. The highest BCUT2D eigenvalue weighted by atomic mass is 19.4. The second-order valence-electron chi connectivity index (χ2n) is 5.28. The molecule has 3 aromatic rings. The van der Waals surface area contributed by atoms with Crippen molar-refractivity contribution in [2.24, 2.45) is 0 Å². The van der Waals surface area contributed by atoms with Crippen LogP contribution in [-0.2, 0) is 6.18 Å². The number of tetrazole rings is 1. The van der Waals surface area contributed by atoms with Gasteiger partial charge in [0.25, 0.3) is 5.91 Å². The van der Waals surface area contributed by atoms with Crippen LogP contribution in [0.4, 0.5) is 18.9 Å². The molecule has 0 unspecified atom stereocenters. The zero-order chi connectivity index (χ0) is 18.0. The third-order valence-corrected chi connectivity index (χ3v) is 3.52. The maximum absolute atomic E-state index is 12.5. The van der Waals surface area contributed by atoms with E-state index in [2.05, 4.69) is 20.8 Å².